The summed E-state index contributed by atoms with van der Waals surface area (Å²) in [6.07, 6.45) is 3.54. The van der Waals surface area contributed by atoms with Gasteiger partial charge in [-0.15, -0.1) is 0 Å². The molecule has 0 aromatic heterocycles. The fourth-order valence-corrected chi connectivity index (χ4v) is 2.40. The molecule has 26 heavy (non-hydrogen) atoms. The molecule has 0 radical (unpaired) electrons. The average Bonchev–Trinajstić information content (AvgIpc) is 2.68. The van der Waals surface area contributed by atoms with Crippen LogP contribution in [0, 0.1) is 0 Å². The third-order valence-corrected chi connectivity index (χ3v) is 3.86. The van der Waals surface area contributed by atoms with Crippen molar-refractivity contribution in [3.05, 3.63) is 53.6 Å². The van der Waals surface area contributed by atoms with E-state index in [1.54, 1.807) is 39.7 Å². The lowest BCUT2D eigenvalue weighted by molar-refractivity contribution is -0.121. The molecule has 138 valence electrons. The normalized spacial score (nSPS) is 10.6. The molecule has 2 aromatic rings. The molecule has 0 bridgehead atoms. The van der Waals surface area contributed by atoms with E-state index < -0.39 is 0 Å². The molecule has 6 heteroatoms. The van der Waals surface area contributed by atoms with Crippen molar-refractivity contribution in [1.29, 1.82) is 0 Å². The molecule has 0 aliphatic rings. The predicted molar refractivity (Wildman–Crippen MR) is 101 cm³/mol. The van der Waals surface area contributed by atoms with Crippen molar-refractivity contribution in [1.82, 2.24) is 5.43 Å². The van der Waals surface area contributed by atoms with E-state index in [1.165, 1.54) is 5.56 Å². The van der Waals surface area contributed by atoms with Gasteiger partial charge in [0.05, 0.1) is 27.5 Å². The number of rotatable bonds is 9. The zero-order chi connectivity index (χ0) is 18.8. The first-order chi connectivity index (χ1) is 12.7. The molecule has 0 spiro atoms. The maximum atomic E-state index is 11.9. The van der Waals surface area contributed by atoms with Crippen LogP contribution in [-0.4, -0.2) is 33.5 Å². The van der Waals surface area contributed by atoms with Crippen molar-refractivity contribution in [2.45, 2.75) is 19.3 Å². The molecule has 0 saturated carbocycles. The van der Waals surface area contributed by atoms with Crippen molar-refractivity contribution in [3.8, 4) is 17.2 Å². The Labute approximate surface area is 153 Å². The van der Waals surface area contributed by atoms with Crippen LogP contribution in [-0.2, 0) is 11.2 Å². The summed E-state index contributed by atoms with van der Waals surface area (Å²) in [5.41, 5.74) is 4.47. The maximum Gasteiger partial charge on any atom is 0.240 e. The summed E-state index contributed by atoms with van der Waals surface area (Å²) in [5.74, 6) is 2.03. The van der Waals surface area contributed by atoms with Crippen LogP contribution in [0.4, 0.5) is 0 Å². The second-order valence-corrected chi connectivity index (χ2v) is 5.60. The minimum absolute atomic E-state index is 0.123. The molecule has 0 saturated heterocycles. The number of amides is 1. The summed E-state index contributed by atoms with van der Waals surface area (Å²) in [6, 6.07) is 13.2. The Bertz CT molecular complexity index is 742. The van der Waals surface area contributed by atoms with E-state index in [4.69, 9.17) is 14.2 Å². The van der Waals surface area contributed by atoms with Crippen molar-refractivity contribution in [2.75, 3.05) is 21.3 Å². The minimum Gasteiger partial charge on any atom is -0.497 e. The summed E-state index contributed by atoms with van der Waals surface area (Å²) < 4.78 is 15.6. The molecule has 2 aromatic carbocycles. The van der Waals surface area contributed by atoms with Gasteiger partial charge in [0.15, 0.2) is 0 Å². The zero-order valence-corrected chi connectivity index (χ0v) is 15.3. The highest BCUT2D eigenvalue weighted by Crippen LogP contribution is 2.23. The van der Waals surface area contributed by atoms with Gasteiger partial charge in [-0.25, -0.2) is 5.43 Å². The Morgan fingerprint density at radius 1 is 1.00 bits per heavy atom. The van der Waals surface area contributed by atoms with E-state index in [1.807, 2.05) is 30.3 Å². The van der Waals surface area contributed by atoms with Gasteiger partial charge in [-0.2, -0.15) is 5.10 Å². The number of nitrogens with one attached hydrogen (secondary N) is 1. The van der Waals surface area contributed by atoms with Gasteiger partial charge in [0, 0.05) is 18.1 Å². The van der Waals surface area contributed by atoms with Crippen molar-refractivity contribution < 1.29 is 19.0 Å². The maximum absolute atomic E-state index is 11.9. The quantitative estimate of drug-likeness (QED) is 0.553. The molecule has 0 heterocycles. The lowest BCUT2D eigenvalue weighted by Gasteiger charge is -2.07. The average molecular weight is 356 g/mol. The van der Waals surface area contributed by atoms with E-state index in [0.717, 1.165) is 24.2 Å². The number of aryl methyl sites for hydroxylation is 1. The van der Waals surface area contributed by atoms with Crippen LogP contribution in [0.2, 0.25) is 0 Å². The van der Waals surface area contributed by atoms with E-state index in [9.17, 15) is 4.79 Å². The molecule has 0 fully saturated rings. The number of hydrogen-bond donors (Lipinski definition) is 1. The van der Waals surface area contributed by atoms with Gasteiger partial charge in [-0.3, -0.25) is 4.79 Å². The predicted octanol–water partition coefficient (Wildman–Crippen LogP) is 3.19. The smallest absolute Gasteiger partial charge is 0.240 e. The van der Waals surface area contributed by atoms with Gasteiger partial charge >= 0.3 is 0 Å². The number of ether oxygens (including phenoxy) is 3. The fourth-order valence-electron chi connectivity index (χ4n) is 2.40. The van der Waals surface area contributed by atoms with Crippen LogP contribution in [0.25, 0.3) is 0 Å². The number of hydrazone groups is 1. The molecule has 0 atom stereocenters. The highest BCUT2D eigenvalue weighted by Gasteiger charge is 2.04. The second-order valence-electron chi connectivity index (χ2n) is 5.60. The largest absolute Gasteiger partial charge is 0.497 e. The zero-order valence-electron chi connectivity index (χ0n) is 15.3. The number of nitrogens with zero attached hydrogens (tertiary/aromatic N) is 1. The van der Waals surface area contributed by atoms with Crippen molar-refractivity contribution in [3.63, 3.8) is 0 Å². The lowest BCUT2D eigenvalue weighted by atomic mass is 10.1. The summed E-state index contributed by atoms with van der Waals surface area (Å²) in [6.45, 7) is 0. The number of methoxy groups -OCH3 is 3. The SMILES string of the molecule is COc1ccc(CCCC(=O)NN=Cc2ccc(OC)cc2OC)cc1. The third kappa shape index (κ3) is 5.81. The van der Waals surface area contributed by atoms with E-state index in [2.05, 4.69) is 10.5 Å². The van der Waals surface area contributed by atoms with Crippen LogP contribution in [0.15, 0.2) is 47.6 Å². The van der Waals surface area contributed by atoms with E-state index >= 15 is 0 Å². The Hall–Kier alpha value is -3.02. The van der Waals surface area contributed by atoms with Gasteiger partial charge in [-0.05, 0) is 42.7 Å². The summed E-state index contributed by atoms with van der Waals surface area (Å²) in [7, 11) is 4.81. The van der Waals surface area contributed by atoms with E-state index in [0.29, 0.717) is 17.9 Å². The first-order valence-electron chi connectivity index (χ1n) is 8.33. The van der Waals surface area contributed by atoms with Crippen molar-refractivity contribution in [2.24, 2.45) is 5.10 Å². The summed E-state index contributed by atoms with van der Waals surface area (Å²) in [5, 5.41) is 3.99. The summed E-state index contributed by atoms with van der Waals surface area (Å²) in [4.78, 5) is 11.9. The molecule has 0 aliphatic carbocycles. The van der Waals surface area contributed by atoms with Gasteiger partial charge in [0.1, 0.15) is 17.2 Å². The summed E-state index contributed by atoms with van der Waals surface area (Å²) >= 11 is 0. The highest BCUT2D eigenvalue weighted by molar-refractivity contribution is 5.85. The molecule has 0 aliphatic heterocycles. The van der Waals surface area contributed by atoms with Crippen LogP contribution < -0.4 is 19.6 Å². The molecule has 0 unspecified atom stereocenters. The Kier molecular flexibility index (Phi) is 7.49. The van der Waals surface area contributed by atoms with Gasteiger partial charge in [0.25, 0.3) is 0 Å². The van der Waals surface area contributed by atoms with Crippen LogP contribution >= 0.6 is 0 Å². The first kappa shape index (κ1) is 19.3. The van der Waals surface area contributed by atoms with Gasteiger partial charge in [-0.1, -0.05) is 12.1 Å². The number of benzene rings is 2. The van der Waals surface area contributed by atoms with Crippen LogP contribution in [0.3, 0.4) is 0 Å². The minimum atomic E-state index is -0.123. The van der Waals surface area contributed by atoms with Crippen molar-refractivity contribution >= 4 is 12.1 Å². The van der Waals surface area contributed by atoms with Gasteiger partial charge in [0.2, 0.25) is 5.91 Å². The molecule has 2 rings (SSSR count). The fraction of sp³-hybridized carbons (Fsp3) is 0.300. The lowest BCUT2D eigenvalue weighted by Crippen LogP contribution is -2.17. The number of carbonyl (C=O) groups excluding carboxylic acids is 1. The highest BCUT2D eigenvalue weighted by atomic mass is 16.5. The number of hydrogen-bond acceptors (Lipinski definition) is 5. The van der Waals surface area contributed by atoms with Crippen LogP contribution in [0.1, 0.15) is 24.0 Å². The first-order valence-corrected chi connectivity index (χ1v) is 8.33. The standard InChI is InChI=1S/C20H24N2O4/c1-24-17-10-7-15(8-11-17)5-4-6-20(23)22-21-14-16-9-12-18(25-2)13-19(16)26-3/h7-14H,4-6H2,1-3H3,(H,22,23). The molecular weight excluding hydrogens is 332 g/mol. The van der Waals surface area contributed by atoms with Crippen LogP contribution in [0.5, 0.6) is 17.2 Å². The molecule has 1 amide bonds. The third-order valence-electron chi connectivity index (χ3n) is 3.86. The molecule has 6 nitrogen and oxygen atoms in total. The van der Waals surface area contributed by atoms with Gasteiger partial charge < -0.3 is 14.2 Å². The van der Waals surface area contributed by atoms with E-state index in [-0.39, 0.29) is 5.91 Å². The molecular formula is C20H24N2O4. The Morgan fingerprint density at radius 3 is 2.35 bits per heavy atom. The molecule has 1 N–H and O–H groups in total. The Morgan fingerprint density at radius 2 is 1.69 bits per heavy atom. The topological polar surface area (TPSA) is 69.2 Å². The second kappa shape index (κ2) is 10.1. The Balaban J connectivity index is 1.78. The monoisotopic (exact) mass is 356 g/mol. The number of carbonyl (C=O) groups is 1.